The van der Waals surface area contributed by atoms with E-state index in [2.05, 4.69) is 6.07 Å². The molecule has 0 fully saturated rings. The highest BCUT2D eigenvalue weighted by molar-refractivity contribution is 5.60. The van der Waals surface area contributed by atoms with Gasteiger partial charge in [-0.15, -0.1) is 0 Å². The Bertz CT molecular complexity index is 1020. The van der Waals surface area contributed by atoms with Gasteiger partial charge in [0.05, 0.1) is 23.9 Å². The van der Waals surface area contributed by atoms with Crippen molar-refractivity contribution in [2.24, 2.45) is 0 Å². The van der Waals surface area contributed by atoms with Gasteiger partial charge in [0.2, 0.25) is 0 Å². The maximum atomic E-state index is 12.6. The maximum absolute atomic E-state index is 12.6. The molecule has 0 aliphatic carbocycles. The summed E-state index contributed by atoms with van der Waals surface area (Å²) in [6.07, 6.45) is 0. The molecule has 3 aromatic rings. The topological polar surface area (TPSA) is 69.6 Å². The molecule has 0 atom stereocenters. The largest absolute Gasteiger partial charge is 0.303 e. The van der Waals surface area contributed by atoms with Gasteiger partial charge in [-0.2, -0.15) is 10.5 Å². The number of aromatic nitrogens is 1. The van der Waals surface area contributed by atoms with Crippen LogP contribution in [-0.4, -0.2) is 4.57 Å². The molecule has 2 aromatic carbocycles. The highest BCUT2D eigenvalue weighted by Gasteiger charge is 2.11. The lowest BCUT2D eigenvalue weighted by Gasteiger charge is -2.14. The fourth-order valence-electron chi connectivity index (χ4n) is 2.60. The minimum atomic E-state index is -0.332. The molecule has 24 heavy (non-hydrogen) atoms. The Labute approximate surface area is 139 Å². The van der Waals surface area contributed by atoms with Gasteiger partial charge in [-0.1, -0.05) is 42.5 Å². The Kier molecular flexibility index (Phi) is 4.23. The Balaban J connectivity index is 2.16. The number of nitrogens with zero attached hydrogens (tertiary/aromatic N) is 3. The fourth-order valence-corrected chi connectivity index (χ4v) is 2.60. The van der Waals surface area contributed by atoms with E-state index in [1.165, 1.54) is 0 Å². The molecule has 0 spiro atoms. The lowest BCUT2D eigenvalue weighted by Crippen LogP contribution is -2.24. The Morgan fingerprint density at radius 1 is 0.875 bits per heavy atom. The van der Waals surface area contributed by atoms with Crippen molar-refractivity contribution in [3.05, 3.63) is 93.8 Å². The van der Waals surface area contributed by atoms with Crippen molar-refractivity contribution in [3.8, 4) is 23.4 Å². The van der Waals surface area contributed by atoms with Gasteiger partial charge in [0.15, 0.2) is 0 Å². The number of hydrogen-bond donors (Lipinski definition) is 0. The van der Waals surface area contributed by atoms with Crippen LogP contribution in [0.2, 0.25) is 0 Å². The molecule has 114 valence electrons. The van der Waals surface area contributed by atoms with Crippen molar-refractivity contribution in [1.29, 1.82) is 10.5 Å². The first kappa shape index (κ1) is 15.3. The first-order valence-corrected chi connectivity index (χ1v) is 7.41. The van der Waals surface area contributed by atoms with Crippen LogP contribution in [0, 0.1) is 22.7 Å². The van der Waals surface area contributed by atoms with E-state index in [1.807, 2.05) is 42.5 Å². The average molecular weight is 311 g/mol. The predicted octanol–water partition coefficient (Wildman–Crippen LogP) is 3.31. The lowest BCUT2D eigenvalue weighted by atomic mass is 10.1. The van der Waals surface area contributed by atoms with Crippen molar-refractivity contribution in [2.75, 3.05) is 0 Å². The summed E-state index contributed by atoms with van der Waals surface area (Å²) < 4.78 is 1.57. The van der Waals surface area contributed by atoms with Crippen LogP contribution in [-0.2, 0) is 6.54 Å². The van der Waals surface area contributed by atoms with Crippen LogP contribution in [0.4, 0.5) is 0 Å². The minimum Gasteiger partial charge on any atom is -0.303 e. The zero-order chi connectivity index (χ0) is 16.9. The molecule has 0 saturated carbocycles. The van der Waals surface area contributed by atoms with Gasteiger partial charge in [-0.05, 0) is 35.4 Å². The third kappa shape index (κ3) is 2.95. The number of nitriles is 2. The van der Waals surface area contributed by atoms with Crippen LogP contribution in [0.1, 0.15) is 16.7 Å². The summed E-state index contributed by atoms with van der Waals surface area (Å²) in [5.74, 6) is 0. The first-order valence-electron chi connectivity index (χ1n) is 7.41. The van der Waals surface area contributed by atoms with Crippen molar-refractivity contribution < 1.29 is 0 Å². The molecular weight excluding hydrogens is 298 g/mol. The Morgan fingerprint density at radius 3 is 2.38 bits per heavy atom. The van der Waals surface area contributed by atoms with Crippen molar-refractivity contribution in [1.82, 2.24) is 4.57 Å². The monoisotopic (exact) mass is 311 g/mol. The smallest absolute Gasteiger partial charge is 0.269 e. The maximum Gasteiger partial charge on any atom is 0.269 e. The second-order valence-corrected chi connectivity index (χ2v) is 5.31. The second kappa shape index (κ2) is 6.64. The standard InChI is InChI=1S/C20H13N3O/c21-12-15-5-4-6-16(11-15)14-23-19(17-7-2-1-3-8-17)10-9-18(13-22)20(23)24/h1-11H,14H2. The number of benzene rings is 2. The van der Waals surface area contributed by atoms with E-state index >= 15 is 0 Å². The Hall–Kier alpha value is -3.63. The van der Waals surface area contributed by atoms with Crippen LogP contribution in [0.25, 0.3) is 11.3 Å². The van der Waals surface area contributed by atoms with E-state index in [1.54, 1.807) is 34.9 Å². The van der Waals surface area contributed by atoms with Crippen LogP contribution in [0.15, 0.2) is 71.5 Å². The fraction of sp³-hybridized carbons (Fsp3) is 0.0500. The molecule has 3 rings (SSSR count). The van der Waals surface area contributed by atoms with E-state index in [0.717, 1.165) is 16.8 Å². The molecule has 0 unspecified atom stereocenters. The van der Waals surface area contributed by atoms with Crippen LogP contribution in [0.5, 0.6) is 0 Å². The molecular formula is C20H13N3O. The molecule has 0 amide bonds. The summed E-state index contributed by atoms with van der Waals surface area (Å²) >= 11 is 0. The van der Waals surface area contributed by atoms with E-state index in [0.29, 0.717) is 12.1 Å². The molecule has 1 heterocycles. The quantitative estimate of drug-likeness (QED) is 0.745. The van der Waals surface area contributed by atoms with Gasteiger partial charge >= 0.3 is 0 Å². The number of rotatable bonds is 3. The predicted molar refractivity (Wildman–Crippen MR) is 91.1 cm³/mol. The van der Waals surface area contributed by atoms with Crippen LogP contribution in [0.3, 0.4) is 0 Å². The summed E-state index contributed by atoms with van der Waals surface area (Å²) in [6.45, 7) is 0.300. The zero-order valence-electron chi connectivity index (χ0n) is 12.8. The molecule has 0 saturated heterocycles. The van der Waals surface area contributed by atoms with E-state index in [9.17, 15) is 4.79 Å². The molecule has 0 radical (unpaired) electrons. The molecule has 1 aromatic heterocycles. The zero-order valence-corrected chi connectivity index (χ0v) is 12.8. The second-order valence-electron chi connectivity index (χ2n) is 5.31. The lowest BCUT2D eigenvalue weighted by molar-refractivity contribution is 0.765. The van der Waals surface area contributed by atoms with Gasteiger partial charge in [0, 0.05) is 0 Å². The summed E-state index contributed by atoms with van der Waals surface area (Å²) in [5.41, 5.74) is 2.78. The summed E-state index contributed by atoms with van der Waals surface area (Å²) in [4.78, 5) is 12.6. The first-order chi connectivity index (χ1) is 11.7. The molecule has 0 aliphatic rings. The number of pyridine rings is 1. The third-order valence-corrected chi connectivity index (χ3v) is 3.76. The highest BCUT2D eigenvalue weighted by Crippen LogP contribution is 2.19. The van der Waals surface area contributed by atoms with Gasteiger partial charge in [0.25, 0.3) is 5.56 Å². The molecule has 0 aliphatic heterocycles. The summed E-state index contributed by atoms with van der Waals surface area (Å²) in [7, 11) is 0. The van der Waals surface area contributed by atoms with Crippen LogP contribution < -0.4 is 5.56 Å². The van der Waals surface area contributed by atoms with E-state index in [-0.39, 0.29) is 11.1 Å². The van der Waals surface area contributed by atoms with E-state index < -0.39 is 0 Å². The van der Waals surface area contributed by atoms with Gasteiger partial charge in [-0.25, -0.2) is 0 Å². The Morgan fingerprint density at radius 2 is 1.67 bits per heavy atom. The summed E-state index contributed by atoms with van der Waals surface area (Å²) in [6, 6.07) is 24.0. The molecule has 4 nitrogen and oxygen atoms in total. The normalized spacial score (nSPS) is 9.92. The minimum absolute atomic E-state index is 0.103. The van der Waals surface area contributed by atoms with Crippen molar-refractivity contribution in [2.45, 2.75) is 6.54 Å². The highest BCUT2D eigenvalue weighted by atomic mass is 16.1. The molecule has 0 N–H and O–H groups in total. The number of hydrogen-bond acceptors (Lipinski definition) is 3. The molecule has 4 heteroatoms. The SMILES string of the molecule is N#Cc1cccc(Cn2c(-c3ccccc3)ccc(C#N)c2=O)c1. The van der Waals surface area contributed by atoms with Crippen LogP contribution >= 0.6 is 0 Å². The van der Waals surface area contributed by atoms with E-state index in [4.69, 9.17) is 10.5 Å². The van der Waals surface area contributed by atoms with Crippen molar-refractivity contribution in [3.63, 3.8) is 0 Å². The van der Waals surface area contributed by atoms with Gasteiger partial charge < -0.3 is 4.57 Å². The van der Waals surface area contributed by atoms with Crippen molar-refractivity contribution >= 4 is 0 Å². The van der Waals surface area contributed by atoms with Gasteiger partial charge in [0.1, 0.15) is 11.6 Å². The van der Waals surface area contributed by atoms with Gasteiger partial charge in [-0.3, -0.25) is 4.79 Å². The molecule has 0 bridgehead atoms. The average Bonchev–Trinajstić information content (AvgIpc) is 2.64. The third-order valence-electron chi connectivity index (χ3n) is 3.76. The summed E-state index contributed by atoms with van der Waals surface area (Å²) in [5, 5.41) is 18.2.